The van der Waals surface area contributed by atoms with E-state index < -0.39 is 11.9 Å². The Bertz CT molecular complexity index is 1180. The maximum Gasteiger partial charge on any atom is 0.336 e. The highest BCUT2D eigenvalue weighted by Crippen LogP contribution is 2.43. The number of carboxylic acid groups (broad SMARTS) is 2. The number of carboxylic acids is 2. The van der Waals surface area contributed by atoms with E-state index >= 15 is 0 Å². The van der Waals surface area contributed by atoms with Gasteiger partial charge in [0, 0.05) is 0 Å². The summed E-state index contributed by atoms with van der Waals surface area (Å²) < 4.78 is 0. The Balaban J connectivity index is 2.56. The van der Waals surface area contributed by atoms with Crippen molar-refractivity contribution in [3.63, 3.8) is 0 Å². The zero-order valence-electron chi connectivity index (χ0n) is 20.4. The molecule has 0 saturated carbocycles. The Morgan fingerprint density at radius 3 is 1.65 bits per heavy atom. The number of hydrogen-bond acceptors (Lipinski definition) is 2. The molecule has 0 saturated heterocycles. The van der Waals surface area contributed by atoms with Crippen LogP contribution in [0.3, 0.4) is 0 Å². The van der Waals surface area contributed by atoms with Gasteiger partial charge in [-0.25, -0.2) is 9.59 Å². The van der Waals surface area contributed by atoms with Crippen molar-refractivity contribution in [3.05, 3.63) is 82.4 Å². The molecule has 2 N–H and O–H groups in total. The molecule has 4 heteroatoms. The zero-order valence-corrected chi connectivity index (χ0v) is 20.4. The summed E-state index contributed by atoms with van der Waals surface area (Å²) in [7, 11) is 0. The van der Waals surface area contributed by atoms with Gasteiger partial charge in [0.05, 0.1) is 11.1 Å². The molecule has 0 atom stereocenters. The molecule has 0 aliphatic heterocycles. The normalized spacial score (nSPS) is 10.9. The third kappa shape index (κ3) is 5.22. The van der Waals surface area contributed by atoms with E-state index in [4.69, 9.17) is 0 Å². The van der Waals surface area contributed by atoms with Crippen LogP contribution in [0, 0.1) is 0 Å². The van der Waals surface area contributed by atoms with E-state index in [1.807, 2.05) is 24.3 Å². The van der Waals surface area contributed by atoms with Crippen molar-refractivity contribution in [2.24, 2.45) is 0 Å². The van der Waals surface area contributed by atoms with Gasteiger partial charge in [-0.15, -0.1) is 0 Å². The van der Waals surface area contributed by atoms with Crippen LogP contribution in [0.25, 0.3) is 22.3 Å². The van der Waals surface area contributed by atoms with Crippen LogP contribution in [0.15, 0.2) is 54.6 Å². The molecule has 3 aromatic carbocycles. The van der Waals surface area contributed by atoms with Gasteiger partial charge in [-0.2, -0.15) is 0 Å². The van der Waals surface area contributed by atoms with Gasteiger partial charge in [-0.05, 0) is 76.8 Å². The van der Waals surface area contributed by atoms with Crippen LogP contribution in [0.5, 0.6) is 0 Å². The Hall–Kier alpha value is -3.40. The van der Waals surface area contributed by atoms with Gasteiger partial charge in [0.15, 0.2) is 0 Å². The summed E-state index contributed by atoms with van der Waals surface area (Å²) in [5.74, 6) is -1.96. The Morgan fingerprint density at radius 1 is 0.647 bits per heavy atom. The fraction of sp³-hybridized carbons (Fsp3) is 0.333. The van der Waals surface area contributed by atoms with E-state index in [2.05, 4.69) is 26.8 Å². The average molecular weight is 459 g/mol. The number of rotatable bonds is 11. The van der Waals surface area contributed by atoms with E-state index in [0.29, 0.717) is 11.1 Å². The van der Waals surface area contributed by atoms with Crippen molar-refractivity contribution in [1.82, 2.24) is 0 Å². The van der Waals surface area contributed by atoms with Crippen molar-refractivity contribution < 1.29 is 19.8 Å². The van der Waals surface area contributed by atoms with Crippen LogP contribution in [-0.4, -0.2) is 22.2 Å². The zero-order chi connectivity index (χ0) is 24.7. The lowest BCUT2D eigenvalue weighted by Crippen LogP contribution is -2.09. The molecule has 0 radical (unpaired) electrons. The lowest BCUT2D eigenvalue weighted by atomic mass is 9.79. The van der Waals surface area contributed by atoms with Crippen LogP contribution in [0.1, 0.15) is 83.9 Å². The van der Waals surface area contributed by atoms with Crippen LogP contribution in [0.4, 0.5) is 0 Å². The van der Waals surface area contributed by atoms with Gasteiger partial charge in [0.25, 0.3) is 0 Å². The first-order chi connectivity index (χ1) is 16.4. The summed E-state index contributed by atoms with van der Waals surface area (Å²) in [6, 6.07) is 16.4. The fourth-order valence-corrected chi connectivity index (χ4v) is 4.82. The maximum atomic E-state index is 12.3. The fourth-order valence-electron chi connectivity index (χ4n) is 4.82. The number of hydrogen-bond donors (Lipinski definition) is 2. The second kappa shape index (κ2) is 11.6. The van der Waals surface area contributed by atoms with Crippen LogP contribution in [-0.2, 0) is 19.3 Å². The quantitative estimate of drug-likeness (QED) is 0.309. The Morgan fingerprint density at radius 2 is 1.15 bits per heavy atom. The molecule has 0 heterocycles. The van der Waals surface area contributed by atoms with Gasteiger partial charge < -0.3 is 10.2 Å². The second-order valence-corrected chi connectivity index (χ2v) is 8.73. The van der Waals surface area contributed by atoms with Gasteiger partial charge >= 0.3 is 11.9 Å². The van der Waals surface area contributed by atoms with Crippen LogP contribution >= 0.6 is 0 Å². The molecule has 0 amide bonds. The number of aromatic carboxylic acids is 2. The lowest BCUT2D eigenvalue weighted by Gasteiger charge is -2.25. The first kappa shape index (κ1) is 25.2. The number of benzene rings is 3. The minimum Gasteiger partial charge on any atom is -0.478 e. The average Bonchev–Trinajstić information content (AvgIpc) is 2.83. The minimum atomic E-state index is -0.983. The molecular weight excluding hydrogens is 424 g/mol. The second-order valence-electron chi connectivity index (χ2n) is 8.73. The monoisotopic (exact) mass is 458 g/mol. The summed E-state index contributed by atoms with van der Waals surface area (Å²) in [4.78, 5) is 24.5. The summed E-state index contributed by atoms with van der Waals surface area (Å²) in [6.45, 7) is 6.42. The molecular formula is C30H34O4. The highest BCUT2D eigenvalue weighted by Gasteiger charge is 2.25. The Labute approximate surface area is 202 Å². The van der Waals surface area contributed by atoms with Crippen LogP contribution in [0.2, 0.25) is 0 Å². The number of unbranched alkanes of at least 4 members (excludes halogenated alkanes) is 1. The number of aryl methyl sites for hydroxylation is 2. The summed E-state index contributed by atoms with van der Waals surface area (Å²) in [5, 5.41) is 20.1. The van der Waals surface area contributed by atoms with E-state index in [1.165, 1.54) is 5.56 Å². The number of carbonyl (C=O) groups is 2. The Kier molecular flexibility index (Phi) is 8.64. The SMILES string of the molecule is CCCCc1c(CCC)cc(CCC)c(-c2ccccc2C(=O)O)c1-c1ccccc1C(=O)O. The largest absolute Gasteiger partial charge is 0.478 e. The molecule has 3 rings (SSSR count). The van der Waals surface area contributed by atoms with E-state index in [9.17, 15) is 19.8 Å². The lowest BCUT2D eigenvalue weighted by molar-refractivity contribution is 0.0686. The highest BCUT2D eigenvalue weighted by molar-refractivity contribution is 6.04. The molecule has 0 aliphatic rings. The van der Waals surface area contributed by atoms with Crippen molar-refractivity contribution in [2.75, 3.05) is 0 Å². The highest BCUT2D eigenvalue weighted by atomic mass is 16.4. The third-order valence-corrected chi connectivity index (χ3v) is 6.28. The van der Waals surface area contributed by atoms with Gasteiger partial charge in [0.2, 0.25) is 0 Å². The summed E-state index contributed by atoms with van der Waals surface area (Å²) >= 11 is 0. The summed E-state index contributed by atoms with van der Waals surface area (Å²) in [5.41, 5.74) is 6.99. The molecule has 178 valence electrons. The van der Waals surface area contributed by atoms with Gasteiger partial charge in [-0.3, -0.25) is 0 Å². The van der Waals surface area contributed by atoms with E-state index in [1.54, 1.807) is 24.3 Å². The predicted molar refractivity (Wildman–Crippen MR) is 138 cm³/mol. The van der Waals surface area contributed by atoms with Crippen molar-refractivity contribution in [3.8, 4) is 22.3 Å². The predicted octanol–water partition coefficient (Wildman–Crippen LogP) is 7.66. The van der Waals surface area contributed by atoms with Crippen molar-refractivity contribution in [1.29, 1.82) is 0 Å². The molecule has 0 spiro atoms. The van der Waals surface area contributed by atoms with Crippen LogP contribution < -0.4 is 0 Å². The first-order valence-corrected chi connectivity index (χ1v) is 12.3. The molecule has 0 aliphatic carbocycles. The van der Waals surface area contributed by atoms with Crippen molar-refractivity contribution >= 4 is 11.9 Å². The van der Waals surface area contributed by atoms with Crippen molar-refractivity contribution in [2.45, 2.75) is 65.7 Å². The van der Waals surface area contributed by atoms with E-state index in [0.717, 1.165) is 67.2 Å². The standard InChI is InChI=1S/C30H34O4/c1-4-7-14-22-20(12-5-2)19-21(13-6-3)27(23-15-8-10-17-25(23)29(31)32)28(22)24-16-9-11-18-26(24)30(33)34/h8-11,15-19H,4-7,12-14H2,1-3H3,(H,31,32)(H,33,34). The topological polar surface area (TPSA) is 74.6 Å². The maximum absolute atomic E-state index is 12.3. The molecule has 3 aromatic rings. The summed E-state index contributed by atoms with van der Waals surface area (Å²) in [6.07, 6.45) is 6.40. The smallest absolute Gasteiger partial charge is 0.336 e. The van der Waals surface area contributed by atoms with Gasteiger partial charge in [-0.1, -0.05) is 82.5 Å². The molecule has 34 heavy (non-hydrogen) atoms. The first-order valence-electron chi connectivity index (χ1n) is 12.3. The van der Waals surface area contributed by atoms with E-state index in [-0.39, 0.29) is 11.1 Å². The molecule has 4 nitrogen and oxygen atoms in total. The van der Waals surface area contributed by atoms with Gasteiger partial charge in [0.1, 0.15) is 0 Å². The molecule has 0 aromatic heterocycles. The third-order valence-electron chi connectivity index (χ3n) is 6.28. The minimum absolute atomic E-state index is 0.235. The molecule has 0 bridgehead atoms. The molecule has 0 unspecified atom stereocenters. The molecule has 0 fully saturated rings.